The number of aryl methyl sites for hydroxylation is 2. The van der Waals surface area contributed by atoms with Gasteiger partial charge in [-0.25, -0.2) is 10.8 Å². The van der Waals surface area contributed by atoms with Crippen LogP contribution in [0.3, 0.4) is 0 Å². The fourth-order valence-corrected chi connectivity index (χ4v) is 3.20. The molecule has 0 saturated carbocycles. The molecular weight excluding hydrogens is 410 g/mol. The fourth-order valence-electron chi connectivity index (χ4n) is 3.20. The van der Waals surface area contributed by atoms with Gasteiger partial charge in [0.2, 0.25) is 5.91 Å². The number of nitrogens with two attached hydrogens (primary N) is 1. The normalized spacial score (nSPS) is 11.6. The Morgan fingerprint density at radius 3 is 2.50 bits per heavy atom. The van der Waals surface area contributed by atoms with Crippen molar-refractivity contribution < 1.29 is 19.1 Å². The average molecular weight is 440 g/mol. The van der Waals surface area contributed by atoms with Crippen LogP contribution < -0.4 is 21.9 Å². The third-order valence-corrected chi connectivity index (χ3v) is 4.46. The van der Waals surface area contributed by atoms with Gasteiger partial charge in [0.25, 0.3) is 5.91 Å². The van der Waals surface area contributed by atoms with Crippen molar-refractivity contribution in [3.8, 4) is 0 Å². The highest BCUT2D eigenvalue weighted by atomic mass is 16.5. The number of hydrazine groups is 1. The highest BCUT2D eigenvalue weighted by molar-refractivity contribution is 5.97. The largest absolute Gasteiger partial charge is 0.466 e. The lowest BCUT2D eigenvalue weighted by Crippen LogP contribution is -2.39. The van der Waals surface area contributed by atoms with Gasteiger partial charge in [0, 0.05) is 5.56 Å². The maximum atomic E-state index is 12.6. The van der Waals surface area contributed by atoms with E-state index >= 15 is 0 Å². The van der Waals surface area contributed by atoms with E-state index in [0.717, 1.165) is 16.7 Å². The summed E-state index contributed by atoms with van der Waals surface area (Å²) in [4.78, 5) is 41.1. The lowest BCUT2D eigenvalue weighted by Gasteiger charge is -2.20. The molecule has 2 rings (SSSR count). The maximum absolute atomic E-state index is 12.6. The molecule has 9 heteroatoms. The van der Waals surface area contributed by atoms with Crippen LogP contribution in [0, 0.1) is 13.8 Å². The molecule has 2 amide bonds. The predicted molar refractivity (Wildman–Crippen MR) is 122 cm³/mol. The minimum absolute atomic E-state index is 0.00829. The number of aliphatic imine (C=N–C) groups is 1. The number of hydrogen-bond donors (Lipinski definition) is 4. The number of rotatable bonds is 10. The van der Waals surface area contributed by atoms with Gasteiger partial charge in [0.05, 0.1) is 31.3 Å². The van der Waals surface area contributed by atoms with E-state index in [-0.39, 0.29) is 19.6 Å². The molecule has 0 fully saturated rings. The zero-order valence-corrected chi connectivity index (χ0v) is 18.5. The fraction of sp³-hybridized carbons (Fsp3) is 0.304. The summed E-state index contributed by atoms with van der Waals surface area (Å²) in [5.74, 6) is 3.89. The molecule has 0 aliphatic carbocycles. The maximum Gasteiger partial charge on any atom is 0.308 e. The summed E-state index contributed by atoms with van der Waals surface area (Å²) >= 11 is 0. The molecule has 0 bridgehead atoms. The molecule has 1 unspecified atom stereocenters. The lowest BCUT2D eigenvalue weighted by atomic mass is 9.99. The van der Waals surface area contributed by atoms with Gasteiger partial charge in [-0.3, -0.25) is 14.4 Å². The van der Waals surface area contributed by atoms with Gasteiger partial charge in [0.1, 0.15) is 6.34 Å². The predicted octanol–water partition coefficient (Wildman–Crippen LogP) is 1.97. The first-order valence-corrected chi connectivity index (χ1v) is 10.2. The lowest BCUT2D eigenvalue weighted by molar-refractivity contribution is -0.143. The molecule has 2 aromatic rings. The zero-order chi connectivity index (χ0) is 23.5. The number of nitrogens with zero attached hydrogens (tertiary/aromatic N) is 1. The molecule has 32 heavy (non-hydrogen) atoms. The number of amides is 2. The zero-order valence-electron chi connectivity index (χ0n) is 18.5. The van der Waals surface area contributed by atoms with E-state index in [2.05, 4.69) is 21.1 Å². The first kappa shape index (κ1) is 24.5. The first-order valence-electron chi connectivity index (χ1n) is 10.2. The third-order valence-electron chi connectivity index (χ3n) is 4.46. The van der Waals surface area contributed by atoms with Crippen molar-refractivity contribution in [2.45, 2.75) is 33.2 Å². The first-order chi connectivity index (χ1) is 15.3. The van der Waals surface area contributed by atoms with Crippen LogP contribution >= 0.6 is 0 Å². The van der Waals surface area contributed by atoms with E-state index in [4.69, 9.17) is 10.6 Å². The number of carbonyl (C=O) groups is 3. The van der Waals surface area contributed by atoms with Gasteiger partial charge >= 0.3 is 5.97 Å². The summed E-state index contributed by atoms with van der Waals surface area (Å²) in [5.41, 5.74) is 6.00. The molecule has 0 aliphatic rings. The standard InChI is InChI=1S/C23H29N5O4/c1-4-32-22(30)12-20(18-9-15(2)8-16(3)10-18)28-21(29)13-25-23(31)17-6-5-7-19(11-17)26-14-27-24/h5-11,14,20H,4,12-13,24H2,1-3H3,(H,25,31)(H,26,27)(H,28,29). The highest BCUT2D eigenvalue weighted by Crippen LogP contribution is 2.21. The number of nitrogens with one attached hydrogen (secondary N) is 3. The second-order valence-electron chi connectivity index (χ2n) is 7.21. The summed E-state index contributed by atoms with van der Waals surface area (Å²) in [5, 5.41) is 5.40. The van der Waals surface area contributed by atoms with Crippen molar-refractivity contribution in [2.75, 3.05) is 13.2 Å². The quantitative estimate of drug-likeness (QED) is 0.147. The topological polar surface area (TPSA) is 135 Å². The van der Waals surface area contributed by atoms with E-state index in [0.29, 0.717) is 11.3 Å². The second kappa shape index (κ2) is 12.2. The van der Waals surface area contributed by atoms with E-state index in [9.17, 15) is 14.4 Å². The van der Waals surface area contributed by atoms with Gasteiger partial charge in [-0.05, 0) is 44.5 Å². The van der Waals surface area contributed by atoms with E-state index < -0.39 is 23.8 Å². The Labute approximate surface area is 187 Å². The molecule has 0 radical (unpaired) electrons. The number of esters is 1. The van der Waals surface area contributed by atoms with E-state index in [1.54, 1.807) is 31.2 Å². The van der Waals surface area contributed by atoms with Crippen molar-refractivity contribution in [3.63, 3.8) is 0 Å². The summed E-state index contributed by atoms with van der Waals surface area (Å²) in [6.07, 6.45) is 1.28. The van der Waals surface area contributed by atoms with Crippen LogP contribution in [0.15, 0.2) is 47.5 Å². The van der Waals surface area contributed by atoms with Crippen LogP contribution in [0.25, 0.3) is 0 Å². The molecule has 170 valence electrons. The molecule has 0 saturated heterocycles. The van der Waals surface area contributed by atoms with Crippen LogP contribution in [0.5, 0.6) is 0 Å². The van der Waals surface area contributed by atoms with Gasteiger partial charge in [0.15, 0.2) is 0 Å². The molecule has 5 N–H and O–H groups in total. The SMILES string of the molecule is CCOC(=O)CC(NC(=O)CNC(=O)c1cccc(N=CNN)c1)c1cc(C)cc(C)c1. The Morgan fingerprint density at radius 2 is 1.84 bits per heavy atom. The highest BCUT2D eigenvalue weighted by Gasteiger charge is 2.20. The van der Waals surface area contributed by atoms with E-state index in [1.165, 1.54) is 6.34 Å². The van der Waals surface area contributed by atoms with Crippen molar-refractivity contribution in [3.05, 3.63) is 64.7 Å². The van der Waals surface area contributed by atoms with Gasteiger partial charge < -0.3 is 20.8 Å². The molecule has 2 aromatic carbocycles. The van der Waals surface area contributed by atoms with Crippen LogP contribution in [-0.4, -0.2) is 37.3 Å². The van der Waals surface area contributed by atoms with E-state index in [1.807, 2.05) is 32.0 Å². The monoisotopic (exact) mass is 439 g/mol. The van der Waals surface area contributed by atoms with Crippen molar-refractivity contribution in [1.29, 1.82) is 0 Å². The Morgan fingerprint density at radius 1 is 1.12 bits per heavy atom. The molecule has 0 aromatic heterocycles. The van der Waals surface area contributed by atoms with Crippen LogP contribution in [0.1, 0.15) is 46.4 Å². The Kier molecular flexibility index (Phi) is 9.37. The second-order valence-corrected chi connectivity index (χ2v) is 7.21. The average Bonchev–Trinajstić information content (AvgIpc) is 2.75. The molecule has 0 spiro atoms. The third kappa shape index (κ3) is 7.84. The van der Waals surface area contributed by atoms with Crippen molar-refractivity contribution in [1.82, 2.24) is 16.1 Å². The number of hydrogen-bond acceptors (Lipinski definition) is 6. The van der Waals surface area contributed by atoms with Gasteiger partial charge in [-0.1, -0.05) is 35.4 Å². The molecule has 0 aliphatic heterocycles. The summed E-state index contributed by atoms with van der Waals surface area (Å²) in [6.45, 7) is 5.63. The summed E-state index contributed by atoms with van der Waals surface area (Å²) < 4.78 is 5.05. The van der Waals surface area contributed by atoms with Crippen molar-refractivity contribution in [2.24, 2.45) is 10.8 Å². The Bertz CT molecular complexity index is 970. The van der Waals surface area contributed by atoms with Crippen LogP contribution in [0.4, 0.5) is 5.69 Å². The van der Waals surface area contributed by atoms with Gasteiger partial charge in [-0.15, -0.1) is 0 Å². The summed E-state index contributed by atoms with van der Waals surface area (Å²) in [6, 6.07) is 11.8. The number of ether oxygens (including phenoxy) is 1. The number of benzene rings is 2. The molecular formula is C23H29N5O4. The van der Waals surface area contributed by atoms with Crippen LogP contribution in [0.2, 0.25) is 0 Å². The molecule has 0 heterocycles. The molecule has 9 nitrogen and oxygen atoms in total. The van der Waals surface area contributed by atoms with Crippen LogP contribution in [-0.2, 0) is 14.3 Å². The smallest absolute Gasteiger partial charge is 0.308 e. The Balaban J connectivity index is 2.05. The minimum Gasteiger partial charge on any atom is -0.466 e. The van der Waals surface area contributed by atoms with Crippen molar-refractivity contribution >= 4 is 29.8 Å². The summed E-state index contributed by atoms with van der Waals surface area (Å²) in [7, 11) is 0. The Hall–Kier alpha value is -3.72. The minimum atomic E-state index is -0.571. The molecule has 1 atom stereocenters. The number of carbonyl (C=O) groups excluding carboxylic acids is 3. The van der Waals surface area contributed by atoms with Gasteiger partial charge in [-0.2, -0.15) is 0 Å².